The van der Waals surface area contributed by atoms with E-state index in [2.05, 4.69) is 93.7 Å². The number of carbonyl (C=O) groups excluding carboxylic acids is 1. The molecule has 15 heteroatoms. The molecule has 0 radical (unpaired) electrons. The molecule has 5 heterocycles. The summed E-state index contributed by atoms with van der Waals surface area (Å²) in [6, 6.07) is 20.0. The van der Waals surface area contributed by atoms with E-state index in [1.165, 1.54) is 5.56 Å². The molecule has 4 aliphatic heterocycles. The fourth-order valence-corrected chi connectivity index (χ4v) is 14.2. The Kier molecular flexibility index (Phi) is 13.9. The second kappa shape index (κ2) is 19.3. The number of carbonyl (C=O) groups is 1. The number of Topliss-reactive ketones (excluding diaryl/α,β-unsaturated/α-hetero) is 1. The summed E-state index contributed by atoms with van der Waals surface area (Å²) < 4.78 is 49.3. The van der Waals surface area contributed by atoms with Gasteiger partial charge in [0, 0.05) is 92.2 Å². The SMILES string of the molecule is CCC12C(=O)C34C5C[C@H](Cc6ccc(Cl)cc6)N(C)C3[C@@H](COC)NC4C(C)N(Cc3c(Oc4ccc(-c6cnc(CN(C)C)n6C)cc4)cccc3OC(F)F)C1C[C@@H](C)C2N(C)[C@@H](C)CN5. The maximum absolute atomic E-state index is 17.1. The molecule has 368 valence electrons. The third kappa shape index (κ3) is 8.18. The number of ketones is 1. The molecule has 3 aromatic carbocycles. The number of rotatable bonds is 14. The Hall–Kier alpha value is -3.99. The summed E-state index contributed by atoms with van der Waals surface area (Å²) in [5.41, 5.74) is 1.99. The van der Waals surface area contributed by atoms with Crippen molar-refractivity contribution in [2.45, 2.75) is 127 Å². The average Bonchev–Trinajstić information content (AvgIpc) is 3.94. The number of benzene rings is 3. The highest BCUT2D eigenvalue weighted by Gasteiger charge is 2.76. The lowest BCUT2D eigenvalue weighted by Gasteiger charge is -2.57. The second-order valence-corrected chi connectivity index (χ2v) is 21.3. The number of ether oxygens (including phenoxy) is 3. The monoisotopic (exact) mass is 957 g/mol. The fourth-order valence-electron chi connectivity index (χ4n) is 14.0. The van der Waals surface area contributed by atoms with Crippen molar-refractivity contribution < 1.29 is 27.8 Å². The van der Waals surface area contributed by atoms with Gasteiger partial charge in [0.2, 0.25) is 0 Å². The summed E-state index contributed by atoms with van der Waals surface area (Å²) in [6.45, 7) is 8.09. The second-order valence-electron chi connectivity index (χ2n) is 20.8. The van der Waals surface area contributed by atoms with Gasteiger partial charge >= 0.3 is 6.61 Å². The van der Waals surface area contributed by atoms with Crippen LogP contribution in [0.1, 0.15) is 63.9 Å². The maximum atomic E-state index is 17.1. The number of likely N-dealkylation sites (N-methyl/N-ethyl adjacent to an activating group) is 2. The largest absolute Gasteiger partial charge is 0.457 e. The highest BCUT2D eigenvalue weighted by molar-refractivity contribution is 6.30. The molecule has 5 aliphatic rings. The first-order chi connectivity index (χ1) is 32.5. The van der Waals surface area contributed by atoms with Crippen molar-refractivity contribution in [1.82, 2.24) is 39.8 Å². The lowest BCUT2D eigenvalue weighted by atomic mass is 9.54. The Labute approximate surface area is 406 Å². The minimum atomic E-state index is -3.05. The van der Waals surface area contributed by atoms with Gasteiger partial charge in [-0.3, -0.25) is 19.5 Å². The van der Waals surface area contributed by atoms with Crippen LogP contribution >= 0.6 is 11.6 Å². The Morgan fingerprint density at radius 1 is 0.956 bits per heavy atom. The minimum Gasteiger partial charge on any atom is -0.457 e. The van der Waals surface area contributed by atoms with E-state index >= 15 is 4.79 Å². The third-order valence-corrected chi connectivity index (χ3v) is 17.3. The fraction of sp³-hybridized carbons (Fsp3) is 0.585. The van der Waals surface area contributed by atoms with E-state index in [4.69, 9.17) is 25.8 Å². The van der Waals surface area contributed by atoms with Gasteiger partial charge in [-0.2, -0.15) is 8.78 Å². The Bertz CT molecular complexity index is 2420. The summed E-state index contributed by atoms with van der Waals surface area (Å²) in [4.78, 5) is 31.3. The molecular formula is C53H71ClF2N8O4. The average molecular weight is 958 g/mol. The van der Waals surface area contributed by atoms with Gasteiger partial charge in [0.05, 0.1) is 41.4 Å². The predicted molar refractivity (Wildman–Crippen MR) is 262 cm³/mol. The molecule has 8 unspecified atom stereocenters. The number of nitrogens with zero attached hydrogens (tertiary/aromatic N) is 6. The number of halogens is 3. The van der Waals surface area contributed by atoms with Crippen molar-refractivity contribution in [3.8, 4) is 28.5 Å². The van der Waals surface area contributed by atoms with E-state index in [1.807, 2.05) is 69.8 Å². The first-order valence-corrected chi connectivity index (χ1v) is 24.9. The van der Waals surface area contributed by atoms with Gasteiger partial charge in [-0.05, 0) is 128 Å². The van der Waals surface area contributed by atoms with E-state index in [0.717, 1.165) is 42.9 Å². The zero-order valence-corrected chi connectivity index (χ0v) is 42.1. The Morgan fingerprint density at radius 3 is 2.35 bits per heavy atom. The van der Waals surface area contributed by atoms with Gasteiger partial charge < -0.3 is 34.3 Å². The number of likely N-dealkylation sites (tertiary alicyclic amines) is 2. The van der Waals surface area contributed by atoms with Crippen molar-refractivity contribution in [3.63, 3.8) is 0 Å². The molecule has 5 fully saturated rings. The van der Waals surface area contributed by atoms with Crippen molar-refractivity contribution in [2.24, 2.45) is 23.8 Å². The van der Waals surface area contributed by atoms with Crippen molar-refractivity contribution in [3.05, 3.63) is 94.9 Å². The lowest BCUT2D eigenvalue weighted by molar-refractivity contribution is -0.154. The van der Waals surface area contributed by atoms with Gasteiger partial charge in [-0.15, -0.1) is 0 Å². The molecule has 4 saturated heterocycles. The normalized spacial score (nSPS) is 33.1. The molecule has 1 saturated carbocycles. The van der Waals surface area contributed by atoms with Crippen LogP contribution in [0, 0.1) is 16.7 Å². The van der Waals surface area contributed by atoms with Gasteiger partial charge in [0.1, 0.15) is 23.1 Å². The van der Waals surface area contributed by atoms with E-state index < -0.39 is 17.4 Å². The predicted octanol–water partition coefficient (Wildman–Crippen LogP) is 7.72. The van der Waals surface area contributed by atoms with Crippen molar-refractivity contribution >= 4 is 17.4 Å². The molecule has 2 bridgehead atoms. The van der Waals surface area contributed by atoms with E-state index in [-0.39, 0.29) is 72.6 Å². The van der Waals surface area contributed by atoms with Crippen LogP contribution in [0.5, 0.6) is 17.2 Å². The molecule has 68 heavy (non-hydrogen) atoms. The highest BCUT2D eigenvalue weighted by atomic mass is 35.5. The van der Waals surface area contributed by atoms with Crippen LogP contribution in [0.15, 0.2) is 72.9 Å². The van der Waals surface area contributed by atoms with Gasteiger partial charge in [-0.25, -0.2) is 4.98 Å². The number of alkyl halides is 2. The molecule has 9 rings (SSSR count). The maximum Gasteiger partial charge on any atom is 0.387 e. The number of aromatic nitrogens is 2. The summed E-state index contributed by atoms with van der Waals surface area (Å²) in [5, 5.41) is 8.93. The van der Waals surface area contributed by atoms with Crippen molar-refractivity contribution in [1.29, 1.82) is 0 Å². The summed E-state index contributed by atoms with van der Waals surface area (Å²) in [5.74, 6) is 2.47. The topological polar surface area (TPSA) is 99.6 Å². The summed E-state index contributed by atoms with van der Waals surface area (Å²) >= 11 is 6.36. The van der Waals surface area contributed by atoms with Crippen LogP contribution in [0.25, 0.3) is 11.3 Å². The summed E-state index contributed by atoms with van der Waals surface area (Å²) in [6.07, 6.45) is 4.86. The first-order valence-electron chi connectivity index (χ1n) is 24.5. The molecule has 4 aromatic rings. The molecule has 0 amide bonds. The Morgan fingerprint density at radius 2 is 1.68 bits per heavy atom. The number of methoxy groups -OCH3 is 1. The number of hydrogen-bond donors (Lipinski definition) is 2. The summed E-state index contributed by atoms with van der Waals surface area (Å²) in [7, 11) is 12.2. The van der Waals surface area contributed by atoms with Crippen molar-refractivity contribution in [2.75, 3.05) is 48.5 Å². The van der Waals surface area contributed by atoms with Crippen LogP contribution in [0.3, 0.4) is 0 Å². The minimum absolute atomic E-state index is 0.0583. The quantitative estimate of drug-likeness (QED) is 0.130. The molecular weight excluding hydrogens is 886 g/mol. The number of imidazole rings is 1. The van der Waals surface area contributed by atoms with Crippen LogP contribution in [-0.4, -0.2) is 144 Å². The zero-order chi connectivity index (χ0) is 48.4. The lowest BCUT2D eigenvalue weighted by Crippen LogP contribution is -2.73. The number of hydrogen-bond acceptors (Lipinski definition) is 11. The van der Waals surface area contributed by atoms with Gasteiger partial charge in [0.15, 0.2) is 5.78 Å². The Balaban J connectivity index is 1.16. The standard InChI is InChI=1S/C53H71ClF2N8O4/c1-11-52-45-23-31(2)48(52)61(7)32(3)26-57-44-25-37(24-34-15-19-36(54)20-16-34)62(8)49-40(30-66-10)59-47(53(44,49)50(52)65)33(4)64(45)28-39-42(13-12-14-43(39)68-51(55)56)67-38-21-17-35(18-22-38)41-27-58-46(63(41)9)29-60(5)6/h12-22,27,31-33,37,40,44-45,47-49,51,57,59H,11,23-26,28-30H2,1-10H3/t31-,32+,33?,37+,40-,44?,45?,47?,48?,49?,52?,53?/m1/s1. The van der Waals surface area contributed by atoms with Crippen LogP contribution < -0.4 is 20.1 Å². The van der Waals surface area contributed by atoms with E-state index in [9.17, 15) is 8.78 Å². The number of piperidine rings is 1. The molecule has 2 N–H and O–H groups in total. The van der Waals surface area contributed by atoms with E-state index in [0.29, 0.717) is 47.4 Å². The van der Waals surface area contributed by atoms with Crippen LogP contribution in [0.4, 0.5) is 8.78 Å². The molecule has 12 atom stereocenters. The molecule has 12 nitrogen and oxygen atoms in total. The smallest absolute Gasteiger partial charge is 0.387 e. The van der Waals surface area contributed by atoms with Gasteiger partial charge in [0.25, 0.3) is 0 Å². The van der Waals surface area contributed by atoms with E-state index in [1.54, 1.807) is 19.2 Å². The third-order valence-electron chi connectivity index (χ3n) is 17.0. The molecule has 1 aliphatic carbocycles. The zero-order valence-electron chi connectivity index (χ0n) is 41.4. The highest BCUT2D eigenvalue weighted by Crippen LogP contribution is 2.62. The molecule has 1 spiro atoms. The van der Waals surface area contributed by atoms with Gasteiger partial charge in [-0.1, -0.05) is 43.6 Å². The van der Waals surface area contributed by atoms with Crippen LogP contribution in [0.2, 0.25) is 5.02 Å². The number of nitrogens with one attached hydrogen (secondary N) is 2. The molecule has 1 aromatic heterocycles. The van der Waals surface area contributed by atoms with Crippen LogP contribution in [-0.2, 0) is 36.1 Å². The first kappa shape index (κ1) is 49.0.